The van der Waals surface area contributed by atoms with Gasteiger partial charge in [-0.2, -0.15) is 4.98 Å². The van der Waals surface area contributed by atoms with Crippen molar-refractivity contribution >= 4 is 50.5 Å². The molecule has 3 rings (SSSR count). The van der Waals surface area contributed by atoms with Crippen molar-refractivity contribution in [2.24, 2.45) is 0 Å². The average Bonchev–Trinajstić information content (AvgIpc) is 3.05. The summed E-state index contributed by atoms with van der Waals surface area (Å²) in [5.74, 6) is 0.340. The molecule has 31 heavy (non-hydrogen) atoms. The lowest BCUT2D eigenvalue weighted by Crippen LogP contribution is -2.11. The van der Waals surface area contributed by atoms with Gasteiger partial charge in [-0.15, -0.1) is 5.10 Å². The molecule has 0 saturated carbocycles. The van der Waals surface area contributed by atoms with Crippen LogP contribution in [0.5, 0.6) is 5.88 Å². The molecule has 0 unspecified atom stereocenters. The standard InChI is InChI=1S/C17H18ClF2N7O3S/c1-30-16-13(8-27(25-16)9-14(19)20)23-17-21-7-10(18)15(24-17)22-11-5-3-4-6-12(11)26-31(2,28)29/h3-8,14,26H,9H2,1-2H3,(H2,21,22,23,24). The van der Waals surface area contributed by atoms with Gasteiger partial charge in [0.25, 0.3) is 12.3 Å². The third-order valence-corrected chi connectivity index (χ3v) is 4.58. The number of rotatable bonds is 9. The molecule has 0 radical (unpaired) electrons. The summed E-state index contributed by atoms with van der Waals surface area (Å²) in [6.07, 6.45) is 1.11. The van der Waals surface area contributed by atoms with Crippen LogP contribution >= 0.6 is 11.6 Å². The molecule has 2 heterocycles. The fourth-order valence-electron chi connectivity index (χ4n) is 2.52. The molecule has 0 fully saturated rings. The number of methoxy groups -OCH3 is 1. The van der Waals surface area contributed by atoms with E-state index in [0.717, 1.165) is 10.9 Å². The Morgan fingerprint density at radius 2 is 1.90 bits per heavy atom. The van der Waals surface area contributed by atoms with Crippen LogP contribution in [0, 0.1) is 0 Å². The molecule has 3 aromatic rings. The highest BCUT2D eigenvalue weighted by molar-refractivity contribution is 7.92. The summed E-state index contributed by atoms with van der Waals surface area (Å²) in [6.45, 7) is -0.601. The van der Waals surface area contributed by atoms with Gasteiger partial charge in [0.05, 0.1) is 37.1 Å². The Kier molecular flexibility index (Phi) is 6.75. The minimum Gasteiger partial charge on any atom is -0.478 e. The van der Waals surface area contributed by atoms with Crippen LogP contribution in [-0.4, -0.2) is 48.0 Å². The van der Waals surface area contributed by atoms with Gasteiger partial charge in [-0.25, -0.2) is 22.2 Å². The quantitative estimate of drug-likeness (QED) is 0.431. The van der Waals surface area contributed by atoms with Gasteiger partial charge in [-0.05, 0) is 12.1 Å². The first-order valence-electron chi connectivity index (χ1n) is 8.67. The summed E-state index contributed by atoms with van der Waals surface area (Å²) in [5, 5.41) is 9.86. The van der Waals surface area contributed by atoms with Crippen molar-refractivity contribution in [1.29, 1.82) is 0 Å². The minimum atomic E-state index is -3.51. The number of ether oxygens (including phenoxy) is 1. The number of halogens is 3. The number of nitrogens with one attached hydrogen (secondary N) is 3. The first kappa shape index (κ1) is 22.5. The van der Waals surface area contributed by atoms with E-state index in [0.29, 0.717) is 11.4 Å². The second-order valence-corrected chi connectivity index (χ2v) is 8.38. The van der Waals surface area contributed by atoms with Gasteiger partial charge in [0.15, 0.2) is 5.82 Å². The van der Waals surface area contributed by atoms with E-state index in [1.165, 1.54) is 19.5 Å². The first-order valence-corrected chi connectivity index (χ1v) is 10.9. The lowest BCUT2D eigenvalue weighted by Gasteiger charge is -2.14. The van der Waals surface area contributed by atoms with Gasteiger partial charge in [-0.1, -0.05) is 23.7 Å². The first-order chi connectivity index (χ1) is 14.6. The lowest BCUT2D eigenvalue weighted by molar-refractivity contribution is 0.121. The van der Waals surface area contributed by atoms with Crippen LogP contribution < -0.4 is 20.1 Å². The molecule has 0 aliphatic rings. The maximum absolute atomic E-state index is 12.6. The van der Waals surface area contributed by atoms with Crippen molar-refractivity contribution in [2.75, 3.05) is 28.7 Å². The third-order valence-electron chi connectivity index (χ3n) is 3.71. The van der Waals surface area contributed by atoms with Crippen LogP contribution in [0.1, 0.15) is 0 Å². The number of alkyl halides is 2. The molecule has 0 amide bonds. The van der Waals surface area contributed by atoms with Crippen molar-refractivity contribution in [3.8, 4) is 5.88 Å². The topological polar surface area (TPSA) is 123 Å². The molecule has 166 valence electrons. The second kappa shape index (κ2) is 9.31. The van der Waals surface area contributed by atoms with Gasteiger partial charge < -0.3 is 15.4 Å². The van der Waals surface area contributed by atoms with E-state index < -0.39 is 23.0 Å². The number of aromatic nitrogens is 4. The maximum atomic E-state index is 12.6. The van der Waals surface area contributed by atoms with Crippen LogP contribution in [0.3, 0.4) is 0 Å². The van der Waals surface area contributed by atoms with E-state index in [-0.39, 0.29) is 28.4 Å². The molecular weight excluding hydrogens is 456 g/mol. The van der Waals surface area contributed by atoms with E-state index in [9.17, 15) is 17.2 Å². The summed E-state index contributed by atoms with van der Waals surface area (Å²) in [7, 11) is -2.16. The van der Waals surface area contributed by atoms with Gasteiger partial charge in [0.2, 0.25) is 16.0 Å². The molecule has 2 aromatic heterocycles. The summed E-state index contributed by atoms with van der Waals surface area (Å²) < 4.78 is 56.9. The number of benzene rings is 1. The zero-order valence-electron chi connectivity index (χ0n) is 16.3. The van der Waals surface area contributed by atoms with Crippen LogP contribution in [0.4, 0.5) is 37.6 Å². The molecule has 0 atom stereocenters. The highest BCUT2D eigenvalue weighted by Crippen LogP contribution is 2.30. The summed E-state index contributed by atoms with van der Waals surface area (Å²) >= 11 is 6.18. The number of nitrogens with zero attached hydrogens (tertiary/aromatic N) is 4. The molecular formula is C17H18ClF2N7O3S. The van der Waals surface area contributed by atoms with Crippen molar-refractivity contribution < 1.29 is 21.9 Å². The number of hydrogen-bond acceptors (Lipinski definition) is 8. The predicted octanol–water partition coefficient (Wildman–Crippen LogP) is 3.46. The number of anilines is 5. The van der Waals surface area contributed by atoms with Gasteiger partial charge in [-0.3, -0.25) is 9.40 Å². The SMILES string of the molecule is COc1nn(CC(F)F)cc1Nc1ncc(Cl)c(Nc2ccccc2NS(C)(=O)=O)n1. The lowest BCUT2D eigenvalue weighted by atomic mass is 10.2. The fraction of sp³-hybridized carbons (Fsp3) is 0.235. The van der Waals surface area contributed by atoms with E-state index in [2.05, 4.69) is 30.4 Å². The molecule has 0 aliphatic carbocycles. The van der Waals surface area contributed by atoms with Crippen molar-refractivity contribution in [3.63, 3.8) is 0 Å². The molecule has 0 spiro atoms. The maximum Gasteiger partial charge on any atom is 0.257 e. The van der Waals surface area contributed by atoms with Gasteiger partial charge in [0.1, 0.15) is 17.3 Å². The highest BCUT2D eigenvalue weighted by atomic mass is 35.5. The predicted molar refractivity (Wildman–Crippen MR) is 113 cm³/mol. The summed E-state index contributed by atoms with van der Waals surface area (Å²) in [4.78, 5) is 8.32. The van der Waals surface area contributed by atoms with Crippen LogP contribution in [0.15, 0.2) is 36.7 Å². The Balaban J connectivity index is 1.86. The number of para-hydroxylation sites is 2. The largest absolute Gasteiger partial charge is 0.478 e. The monoisotopic (exact) mass is 473 g/mol. The molecule has 0 saturated heterocycles. The number of sulfonamides is 1. The fourth-order valence-corrected chi connectivity index (χ4v) is 3.23. The zero-order chi connectivity index (χ0) is 22.6. The minimum absolute atomic E-state index is 0.0790. The molecule has 0 aliphatic heterocycles. The Morgan fingerprint density at radius 1 is 1.19 bits per heavy atom. The average molecular weight is 474 g/mol. The van der Waals surface area contributed by atoms with E-state index in [1.807, 2.05) is 0 Å². The van der Waals surface area contributed by atoms with Crippen molar-refractivity contribution in [2.45, 2.75) is 13.0 Å². The zero-order valence-corrected chi connectivity index (χ0v) is 17.9. The van der Waals surface area contributed by atoms with E-state index in [4.69, 9.17) is 16.3 Å². The van der Waals surface area contributed by atoms with Crippen molar-refractivity contribution in [1.82, 2.24) is 19.7 Å². The van der Waals surface area contributed by atoms with E-state index in [1.54, 1.807) is 24.3 Å². The molecule has 10 nitrogen and oxygen atoms in total. The Hall–Kier alpha value is -3.19. The Morgan fingerprint density at radius 3 is 2.55 bits per heavy atom. The normalized spacial score (nSPS) is 11.4. The van der Waals surface area contributed by atoms with E-state index >= 15 is 0 Å². The Bertz CT molecular complexity index is 1170. The third kappa shape index (κ3) is 6.15. The van der Waals surface area contributed by atoms with Gasteiger partial charge >= 0.3 is 0 Å². The highest BCUT2D eigenvalue weighted by Gasteiger charge is 2.15. The molecule has 1 aromatic carbocycles. The van der Waals surface area contributed by atoms with Crippen LogP contribution in [0.25, 0.3) is 0 Å². The molecule has 14 heteroatoms. The van der Waals surface area contributed by atoms with Gasteiger partial charge in [0, 0.05) is 0 Å². The molecule has 0 bridgehead atoms. The number of hydrogen-bond donors (Lipinski definition) is 3. The Labute approximate surface area is 181 Å². The van der Waals surface area contributed by atoms with Crippen molar-refractivity contribution in [3.05, 3.63) is 41.7 Å². The van der Waals surface area contributed by atoms with Crippen LogP contribution in [0.2, 0.25) is 5.02 Å². The molecule has 3 N–H and O–H groups in total. The smallest absolute Gasteiger partial charge is 0.257 e. The summed E-state index contributed by atoms with van der Waals surface area (Å²) in [6, 6.07) is 6.57. The summed E-state index contributed by atoms with van der Waals surface area (Å²) in [5.41, 5.74) is 0.974. The van der Waals surface area contributed by atoms with Crippen LogP contribution in [-0.2, 0) is 16.6 Å². The second-order valence-electron chi connectivity index (χ2n) is 6.23.